The van der Waals surface area contributed by atoms with Gasteiger partial charge in [0.05, 0.1) is 15.4 Å². The molecule has 10 nitrogen and oxygen atoms in total. The van der Waals surface area contributed by atoms with Crippen LogP contribution in [0.5, 0.6) is 5.75 Å². The number of hydrogen-bond donors (Lipinski definition) is 0. The summed E-state index contributed by atoms with van der Waals surface area (Å²) in [5.74, 6) is -0.969. The lowest BCUT2D eigenvalue weighted by molar-refractivity contribution is -0.395. The summed E-state index contributed by atoms with van der Waals surface area (Å²) in [6.45, 7) is 1.23. The average Bonchev–Trinajstić information content (AvgIpc) is 3.18. The molecule has 4 rings (SSSR count). The van der Waals surface area contributed by atoms with Gasteiger partial charge < -0.3 is 9.15 Å². The average molecular weight is 410 g/mol. The number of benzene rings is 2. The zero-order valence-corrected chi connectivity index (χ0v) is 15.7. The van der Waals surface area contributed by atoms with Gasteiger partial charge >= 0.3 is 11.6 Å². The predicted molar refractivity (Wildman–Crippen MR) is 104 cm³/mol. The smallest absolute Gasteiger partial charge is 0.344 e. The number of hydrogen-bond acceptors (Lipinski definition) is 8. The molecular formula is C20H14N2O8. The van der Waals surface area contributed by atoms with Gasteiger partial charge in [-0.2, -0.15) is 0 Å². The second kappa shape index (κ2) is 7.07. The zero-order chi connectivity index (χ0) is 21.6. The number of nitro benzene ring substituents is 2. The molecule has 0 aliphatic heterocycles. The minimum absolute atomic E-state index is 0.0412. The number of rotatable bonds is 4. The van der Waals surface area contributed by atoms with Gasteiger partial charge in [0.15, 0.2) is 0 Å². The summed E-state index contributed by atoms with van der Waals surface area (Å²) in [7, 11) is 0. The Labute approximate surface area is 168 Å². The Balaban J connectivity index is 1.71. The fraction of sp³-hybridized carbons (Fsp3) is 0.200. The third-order valence-electron chi connectivity index (χ3n) is 5.14. The Hall–Kier alpha value is -4.08. The van der Waals surface area contributed by atoms with Crippen LogP contribution < -0.4 is 10.4 Å². The van der Waals surface area contributed by atoms with Crippen molar-refractivity contribution in [2.45, 2.75) is 26.2 Å². The molecule has 152 valence electrons. The van der Waals surface area contributed by atoms with Crippen molar-refractivity contribution in [1.82, 2.24) is 0 Å². The van der Waals surface area contributed by atoms with E-state index in [0.29, 0.717) is 12.0 Å². The minimum Gasteiger partial charge on any atom is -0.423 e. The van der Waals surface area contributed by atoms with Crippen LogP contribution in [0.2, 0.25) is 0 Å². The number of nitrogens with zero attached hydrogens (tertiary/aromatic N) is 2. The lowest BCUT2D eigenvalue weighted by Gasteiger charge is -2.08. The van der Waals surface area contributed by atoms with Crippen LogP contribution in [0.4, 0.5) is 11.4 Å². The molecule has 1 aromatic heterocycles. The summed E-state index contributed by atoms with van der Waals surface area (Å²) in [5, 5.41) is 23.1. The minimum atomic E-state index is -1.01. The van der Waals surface area contributed by atoms with Gasteiger partial charge in [-0.05, 0) is 43.9 Å². The highest BCUT2D eigenvalue weighted by Crippen LogP contribution is 2.32. The van der Waals surface area contributed by atoms with E-state index >= 15 is 0 Å². The SMILES string of the molecule is Cc1c([N+](=O)[O-])cc(C(=O)Oc2ccc3c4c(c(=O)oc3c2)CCC4)cc1[N+](=O)[O-]. The summed E-state index contributed by atoms with van der Waals surface area (Å²) in [6, 6.07) is 6.42. The lowest BCUT2D eigenvalue weighted by Crippen LogP contribution is -2.11. The van der Waals surface area contributed by atoms with Crippen molar-refractivity contribution in [3.63, 3.8) is 0 Å². The lowest BCUT2D eigenvalue weighted by atomic mass is 10.1. The third-order valence-corrected chi connectivity index (χ3v) is 5.14. The fourth-order valence-corrected chi connectivity index (χ4v) is 3.67. The second-order valence-corrected chi connectivity index (χ2v) is 6.90. The molecule has 0 radical (unpaired) electrons. The van der Waals surface area contributed by atoms with E-state index in [4.69, 9.17) is 9.15 Å². The van der Waals surface area contributed by atoms with Gasteiger partial charge in [-0.15, -0.1) is 0 Å². The Bertz CT molecular complexity index is 1270. The number of carbonyl (C=O) groups is 1. The van der Waals surface area contributed by atoms with Gasteiger partial charge in [-0.3, -0.25) is 20.2 Å². The first-order chi connectivity index (χ1) is 14.3. The van der Waals surface area contributed by atoms with E-state index in [1.807, 2.05) is 0 Å². The summed E-state index contributed by atoms with van der Waals surface area (Å²) in [5.41, 5.74) is -0.213. The van der Waals surface area contributed by atoms with Gasteiger partial charge in [0, 0.05) is 29.1 Å². The van der Waals surface area contributed by atoms with Crippen LogP contribution in [0.3, 0.4) is 0 Å². The predicted octanol–water partition coefficient (Wildman–Crippen LogP) is 3.63. The maximum absolute atomic E-state index is 12.5. The highest BCUT2D eigenvalue weighted by molar-refractivity contribution is 5.93. The van der Waals surface area contributed by atoms with Crippen LogP contribution >= 0.6 is 0 Å². The molecule has 30 heavy (non-hydrogen) atoms. The summed E-state index contributed by atoms with van der Waals surface area (Å²) in [6.07, 6.45) is 2.28. The number of esters is 1. The zero-order valence-electron chi connectivity index (χ0n) is 15.7. The number of nitro groups is 2. The number of aryl methyl sites for hydroxylation is 1. The summed E-state index contributed by atoms with van der Waals surface area (Å²) >= 11 is 0. The Morgan fingerprint density at radius 3 is 2.30 bits per heavy atom. The van der Waals surface area contributed by atoms with E-state index < -0.39 is 32.8 Å². The summed E-state index contributed by atoms with van der Waals surface area (Å²) in [4.78, 5) is 45.4. The van der Waals surface area contributed by atoms with E-state index in [1.54, 1.807) is 6.07 Å². The van der Waals surface area contributed by atoms with Gasteiger partial charge in [-0.1, -0.05) is 0 Å². The van der Waals surface area contributed by atoms with Gasteiger partial charge in [0.2, 0.25) is 0 Å². The second-order valence-electron chi connectivity index (χ2n) is 6.90. The van der Waals surface area contributed by atoms with Crippen molar-refractivity contribution in [3.05, 3.63) is 83.2 Å². The molecule has 2 aromatic carbocycles. The van der Waals surface area contributed by atoms with Crippen molar-refractivity contribution in [3.8, 4) is 5.75 Å². The van der Waals surface area contributed by atoms with Crippen LogP contribution in [0.25, 0.3) is 11.0 Å². The molecule has 1 aliphatic rings. The Morgan fingerprint density at radius 2 is 1.67 bits per heavy atom. The summed E-state index contributed by atoms with van der Waals surface area (Å²) < 4.78 is 10.6. The highest BCUT2D eigenvalue weighted by atomic mass is 16.6. The topological polar surface area (TPSA) is 143 Å². The quantitative estimate of drug-likeness (QED) is 0.209. The first-order valence-electron chi connectivity index (χ1n) is 9.00. The molecule has 0 saturated carbocycles. The molecule has 0 atom stereocenters. The normalized spacial score (nSPS) is 12.6. The number of carbonyl (C=O) groups excluding carboxylic acids is 1. The largest absolute Gasteiger partial charge is 0.423 e. The van der Waals surface area contributed by atoms with E-state index in [2.05, 4.69) is 0 Å². The first-order valence-corrected chi connectivity index (χ1v) is 9.00. The maximum Gasteiger partial charge on any atom is 0.344 e. The molecule has 0 N–H and O–H groups in total. The van der Waals surface area contributed by atoms with Gasteiger partial charge in [-0.25, -0.2) is 9.59 Å². The molecule has 0 bridgehead atoms. The standard InChI is InChI=1S/C20H14N2O8/c1-10-16(21(25)26)7-11(8-17(10)22(27)28)19(23)29-12-5-6-14-13-3-2-4-15(13)20(24)30-18(14)9-12/h5-9H,2-4H2,1H3. The third kappa shape index (κ3) is 3.17. The fourth-order valence-electron chi connectivity index (χ4n) is 3.67. The first kappa shape index (κ1) is 19.2. The molecule has 0 unspecified atom stereocenters. The van der Waals surface area contributed by atoms with E-state index in [0.717, 1.165) is 35.9 Å². The molecule has 3 aromatic rings. The monoisotopic (exact) mass is 410 g/mol. The van der Waals surface area contributed by atoms with Crippen LogP contribution in [-0.2, 0) is 12.8 Å². The molecule has 10 heteroatoms. The van der Waals surface area contributed by atoms with Crippen molar-refractivity contribution in [1.29, 1.82) is 0 Å². The molecule has 0 fully saturated rings. The van der Waals surface area contributed by atoms with E-state index in [1.165, 1.54) is 19.1 Å². The number of fused-ring (bicyclic) bond motifs is 3. The van der Waals surface area contributed by atoms with Crippen molar-refractivity contribution < 1.29 is 23.8 Å². The van der Waals surface area contributed by atoms with E-state index in [9.17, 15) is 29.8 Å². The van der Waals surface area contributed by atoms with Crippen LogP contribution in [0, 0.1) is 27.2 Å². The van der Waals surface area contributed by atoms with E-state index in [-0.39, 0.29) is 22.5 Å². The van der Waals surface area contributed by atoms with Gasteiger partial charge in [0.1, 0.15) is 16.9 Å². The molecule has 0 saturated heterocycles. The molecule has 0 spiro atoms. The molecular weight excluding hydrogens is 396 g/mol. The van der Waals surface area contributed by atoms with Crippen LogP contribution in [-0.4, -0.2) is 15.8 Å². The van der Waals surface area contributed by atoms with Crippen molar-refractivity contribution in [2.24, 2.45) is 0 Å². The molecule has 1 aliphatic carbocycles. The van der Waals surface area contributed by atoms with Gasteiger partial charge in [0.25, 0.3) is 11.4 Å². The van der Waals surface area contributed by atoms with Crippen LogP contribution in [0.15, 0.2) is 39.5 Å². The number of ether oxygens (including phenoxy) is 1. The molecule has 0 amide bonds. The van der Waals surface area contributed by atoms with Crippen molar-refractivity contribution >= 4 is 28.3 Å². The Kier molecular flexibility index (Phi) is 4.53. The Morgan fingerprint density at radius 1 is 1.03 bits per heavy atom. The molecule has 1 heterocycles. The maximum atomic E-state index is 12.5. The highest BCUT2D eigenvalue weighted by Gasteiger charge is 2.26. The van der Waals surface area contributed by atoms with Crippen molar-refractivity contribution in [2.75, 3.05) is 0 Å². The van der Waals surface area contributed by atoms with Crippen LogP contribution in [0.1, 0.15) is 33.5 Å².